The normalized spacial score (nSPS) is 12.6. The molecule has 126 valence electrons. The van der Waals surface area contributed by atoms with Crippen molar-refractivity contribution in [2.45, 2.75) is 6.92 Å². The first-order valence-electron chi connectivity index (χ1n) is 7.42. The van der Waals surface area contributed by atoms with Crippen LogP contribution in [-0.4, -0.2) is 25.7 Å². The number of carbonyl (C=O) groups excluding carboxylic acids is 1. The van der Waals surface area contributed by atoms with Crippen LogP contribution in [0, 0.1) is 12.7 Å². The van der Waals surface area contributed by atoms with Gasteiger partial charge in [-0.05, 0) is 30.7 Å². The monoisotopic (exact) mass is 350 g/mol. The number of carbonyl (C=O) groups is 1. The lowest BCUT2D eigenvalue weighted by Gasteiger charge is -2.20. The first-order valence-corrected chi connectivity index (χ1v) is 7.80. The number of ether oxygens (including phenoxy) is 2. The third-order valence-corrected chi connectivity index (χ3v) is 3.85. The van der Waals surface area contributed by atoms with Gasteiger partial charge in [-0.3, -0.25) is 4.79 Å². The van der Waals surface area contributed by atoms with Crippen LogP contribution in [0.1, 0.15) is 5.56 Å². The molecule has 0 unspecified atom stereocenters. The summed E-state index contributed by atoms with van der Waals surface area (Å²) >= 11 is 6.15. The van der Waals surface area contributed by atoms with Gasteiger partial charge in [-0.15, -0.1) is 0 Å². The largest absolute Gasteiger partial charge is 0.486 e. The van der Waals surface area contributed by atoms with Crippen molar-refractivity contribution in [3.63, 3.8) is 0 Å². The van der Waals surface area contributed by atoms with E-state index in [1.165, 1.54) is 12.1 Å². The van der Waals surface area contributed by atoms with Gasteiger partial charge in [-0.25, -0.2) is 4.39 Å². The molecule has 0 spiro atoms. The third kappa shape index (κ3) is 3.71. The summed E-state index contributed by atoms with van der Waals surface area (Å²) in [5, 5.41) is 6.05. The number of halogens is 2. The Bertz CT molecular complexity index is 783. The Labute approximate surface area is 143 Å². The minimum Gasteiger partial charge on any atom is -0.486 e. The zero-order valence-corrected chi connectivity index (χ0v) is 13.7. The van der Waals surface area contributed by atoms with Crippen LogP contribution in [0.4, 0.5) is 15.8 Å². The molecule has 0 saturated heterocycles. The summed E-state index contributed by atoms with van der Waals surface area (Å²) in [5.41, 5.74) is 1.86. The molecular weight excluding hydrogens is 335 g/mol. The van der Waals surface area contributed by atoms with E-state index in [0.29, 0.717) is 41.1 Å². The Balaban J connectivity index is 1.64. The fraction of sp³-hybridized carbons (Fsp3) is 0.235. The fourth-order valence-corrected chi connectivity index (χ4v) is 2.56. The molecule has 1 heterocycles. The van der Waals surface area contributed by atoms with Crippen molar-refractivity contribution < 1.29 is 18.7 Å². The number of rotatable bonds is 4. The van der Waals surface area contributed by atoms with Gasteiger partial charge < -0.3 is 20.1 Å². The predicted octanol–water partition coefficient (Wildman–Crippen LogP) is 3.61. The zero-order chi connectivity index (χ0) is 17.1. The van der Waals surface area contributed by atoms with Crippen LogP contribution in [0.15, 0.2) is 30.3 Å². The van der Waals surface area contributed by atoms with Gasteiger partial charge in [0.2, 0.25) is 5.91 Å². The molecule has 3 rings (SSSR count). The summed E-state index contributed by atoms with van der Waals surface area (Å²) in [5.74, 6) is 0.510. The second kappa shape index (κ2) is 6.97. The van der Waals surface area contributed by atoms with Gasteiger partial charge in [0, 0.05) is 17.8 Å². The lowest BCUT2D eigenvalue weighted by Crippen LogP contribution is -2.22. The van der Waals surface area contributed by atoms with Crippen molar-refractivity contribution in [1.82, 2.24) is 0 Å². The zero-order valence-electron chi connectivity index (χ0n) is 13.0. The Morgan fingerprint density at radius 2 is 1.88 bits per heavy atom. The molecule has 0 fully saturated rings. The standard InChI is InChI=1S/C17H16ClFN2O3/c1-10-6-11(19)2-3-13(10)20-9-17(22)21-14-8-16-15(7-12(14)18)23-4-5-24-16/h2-3,6-8,20H,4-5,9H2,1H3,(H,21,22). The van der Waals surface area contributed by atoms with Gasteiger partial charge in [0.05, 0.1) is 17.3 Å². The topological polar surface area (TPSA) is 59.6 Å². The predicted molar refractivity (Wildman–Crippen MR) is 90.7 cm³/mol. The number of aryl methyl sites for hydroxylation is 1. The van der Waals surface area contributed by atoms with E-state index in [4.69, 9.17) is 21.1 Å². The maximum atomic E-state index is 13.1. The van der Waals surface area contributed by atoms with Gasteiger partial charge in [0.15, 0.2) is 11.5 Å². The van der Waals surface area contributed by atoms with Crippen molar-refractivity contribution in [2.75, 3.05) is 30.4 Å². The number of hydrogen-bond acceptors (Lipinski definition) is 4. The van der Waals surface area contributed by atoms with Gasteiger partial charge >= 0.3 is 0 Å². The van der Waals surface area contributed by atoms with Crippen LogP contribution >= 0.6 is 11.6 Å². The Morgan fingerprint density at radius 3 is 2.58 bits per heavy atom. The van der Waals surface area contributed by atoms with Crippen LogP contribution in [0.5, 0.6) is 11.5 Å². The molecule has 0 atom stereocenters. The van der Waals surface area contributed by atoms with Gasteiger partial charge in [0.25, 0.3) is 0 Å². The molecule has 2 N–H and O–H groups in total. The molecule has 0 bridgehead atoms. The molecule has 0 radical (unpaired) electrons. The maximum absolute atomic E-state index is 13.1. The Hall–Kier alpha value is -2.47. The summed E-state index contributed by atoms with van der Waals surface area (Å²) in [7, 11) is 0. The number of hydrogen-bond donors (Lipinski definition) is 2. The quantitative estimate of drug-likeness (QED) is 0.884. The summed E-state index contributed by atoms with van der Waals surface area (Å²) < 4.78 is 24.0. The summed E-state index contributed by atoms with van der Waals surface area (Å²) in [6, 6.07) is 7.58. The number of anilines is 2. The van der Waals surface area contributed by atoms with E-state index in [2.05, 4.69) is 10.6 Å². The van der Waals surface area contributed by atoms with E-state index in [9.17, 15) is 9.18 Å². The highest BCUT2D eigenvalue weighted by Crippen LogP contribution is 2.37. The third-order valence-electron chi connectivity index (χ3n) is 3.53. The molecule has 1 aliphatic rings. The van der Waals surface area contributed by atoms with E-state index < -0.39 is 0 Å². The molecular formula is C17H16ClFN2O3. The Kier molecular flexibility index (Phi) is 4.76. The van der Waals surface area contributed by atoms with Crippen molar-refractivity contribution in [1.29, 1.82) is 0 Å². The molecule has 0 aliphatic carbocycles. The minimum atomic E-state index is -0.314. The van der Waals surface area contributed by atoms with E-state index in [0.717, 1.165) is 5.56 Å². The number of amides is 1. The minimum absolute atomic E-state index is 0.0250. The first-order chi connectivity index (χ1) is 11.5. The van der Waals surface area contributed by atoms with Crippen LogP contribution < -0.4 is 20.1 Å². The Morgan fingerprint density at radius 1 is 1.17 bits per heavy atom. The molecule has 0 saturated carbocycles. The fourth-order valence-electron chi connectivity index (χ4n) is 2.36. The number of nitrogens with one attached hydrogen (secondary N) is 2. The van der Waals surface area contributed by atoms with Crippen LogP contribution in [0.25, 0.3) is 0 Å². The first kappa shape index (κ1) is 16.4. The van der Waals surface area contributed by atoms with Gasteiger partial charge in [-0.1, -0.05) is 11.6 Å². The number of fused-ring (bicyclic) bond motifs is 1. The highest BCUT2D eigenvalue weighted by molar-refractivity contribution is 6.34. The molecule has 2 aromatic carbocycles. The van der Waals surface area contributed by atoms with E-state index in [1.54, 1.807) is 25.1 Å². The summed E-state index contributed by atoms with van der Waals surface area (Å²) in [4.78, 5) is 12.1. The molecule has 1 aliphatic heterocycles. The lowest BCUT2D eigenvalue weighted by atomic mass is 10.2. The average Bonchev–Trinajstić information content (AvgIpc) is 2.55. The second-order valence-electron chi connectivity index (χ2n) is 5.34. The van der Waals surface area contributed by atoms with Crippen LogP contribution in [-0.2, 0) is 4.79 Å². The molecule has 24 heavy (non-hydrogen) atoms. The van der Waals surface area contributed by atoms with Crippen molar-refractivity contribution in [3.05, 3.63) is 46.7 Å². The molecule has 5 nitrogen and oxygen atoms in total. The van der Waals surface area contributed by atoms with Crippen molar-refractivity contribution >= 4 is 28.9 Å². The number of benzene rings is 2. The summed E-state index contributed by atoms with van der Waals surface area (Å²) in [6.45, 7) is 2.71. The summed E-state index contributed by atoms with van der Waals surface area (Å²) in [6.07, 6.45) is 0. The maximum Gasteiger partial charge on any atom is 0.243 e. The van der Waals surface area contributed by atoms with Crippen LogP contribution in [0.2, 0.25) is 5.02 Å². The molecule has 2 aromatic rings. The smallest absolute Gasteiger partial charge is 0.243 e. The van der Waals surface area contributed by atoms with Gasteiger partial charge in [0.1, 0.15) is 19.0 Å². The second-order valence-corrected chi connectivity index (χ2v) is 5.74. The molecule has 1 amide bonds. The highest BCUT2D eigenvalue weighted by Gasteiger charge is 2.16. The van der Waals surface area contributed by atoms with Crippen molar-refractivity contribution in [2.24, 2.45) is 0 Å². The van der Waals surface area contributed by atoms with Crippen molar-refractivity contribution in [3.8, 4) is 11.5 Å². The SMILES string of the molecule is Cc1cc(F)ccc1NCC(=O)Nc1cc2c(cc1Cl)OCCO2. The lowest BCUT2D eigenvalue weighted by molar-refractivity contribution is -0.114. The van der Waals surface area contributed by atoms with E-state index in [1.807, 2.05) is 0 Å². The highest BCUT2D eigenvalue weighted by atomic mass is 35.5. The molecule has 7 heteroatoms. The van der Waals surface area contributed by atoms with Crippen LogP contribution in [0.3, 0.4) is 0 Å². The van der Waals surface area contributed by atoms with E-state index in [-0.39, 0.29) is 18.3 Å². The van der Waals surface area contributed by atoms with E-state index >= 15 is 0 Å². The molecule has 0 aromatic heterocycles. The van der Waals surface area contributed by atoms with Gasteiger partial charge in [-0.2, -0.15) is 0 Å². The average molecular weight is 351 g/mol.